The van der Waals surface area contributed by atoms with E-state index in [0.29, 0.717) is 13.1 Å². The minimum atomic E-state index is -0.759. The molecule has 0 atom stereocenters. The zero-order valence-corrected chi connectivity index (χ0v) is 19.1. The van der Waals surface area contributed by atoms with Crippen molar-refractivity contribution in [3.05, 3.63) is 62.2 Å². The van der Waals surface area contributed by atoms with Gasteiger partial charge in [0.05, 0.1) is 38.8 Å². The third kappa shape index (κ3) is 5.21. The number of carbonyl (C=O) groups is 1. The Hall–Kier alpha value is -3.84. The first-order chi connectivity index (χ1) is 16.3. The molecule has 178 valence electrons. The summed E-state index contributed by atoms with van der Waals surface area (Å²) >= 11 is 1.62. The molecule has 0 spiro atoms. The minimum Gasteiger partial charge on any atom is -0.497 e. The third-order valence-electron chi connectivity index (χ3n) is 5.53. The Morgan fingerprint density at radius 1 is 1.09 bits per heavy atom. The Kier molecular flexibility index (Phi) is 6.84. The van der Waals surface area contributed by atoms with E-state index in [4.69, 9.17) is 9.72 Å². The van der Waals surface area contributed by atoms with Crippen LogP contribution in [0.25, 0.3) is 10.2 Å². The van der Waals surface area contributed by atoms with E-state index in [2.05, 4.69) is 15.1 Å². The van der Waals surface area contributed by atoms with Crippen LogP contribution in [-0.4, -0.2) is 72.0 Å². The maximum atomic E-state index is 12.4. The van der Waals surface area contributed by atoms with Gasteiger partial charge in [0.15, 0.2) is 5.13 Å². The van der Waals surface area contributed by atoms with E-state index in [1.807, 2.05) is 18.2 Å². The number of aromatic nitrogens is 1. The molecule has 0 bridgehead atoms. The molecule has 1 fully saturated rings. The highest BCUT2D eigenvalue weighted by atomic mass is 32.1. The lowest BCUT2D eigenvalue weighted by atomic mass is 10.1. The Morgan fingerprint density at radius 3 is 2.38 bits per heavy atom. The van der Waals surface area contributed by atoms with Crippen molar-refractivity contribution < 1.29 is 19.4 Å². The van der Waals surface area contributed by atoms with E-state index < -0.39 is 27.1 Å². The molecule has 1 saturated heterocycles. The van der Waals surface area contributed by atoms with E-state index in [-0.39, 0.29) is 5.56 Å². The average molecular weight is 487 g/mol. The van der Waals surface area contributed by atoms with Gasteiger partial charge in [-0.2, -0.15) is 0 Å². The molecule has 2 heterocycles. The number of ether oxygens (including phenoxy) is 1. The van der Waals surface area contributed by atoms with Crippen LogP contribution < -0.4 is 15.0 Å². The van der Waals surface area contributed by atoms with Crippen molar-refractivity contribution in [3.8, 4) is 5.75 Å². The van der Waals surface area contributed by atoms with Gasteiger partial charge >= 0.3 is 0 Å². The van der Waals surface area contributed by atoms with Gasteiger partial charge in [-0.1, -0.05) is 11.3 Å². The number of hydrogen-bond acceptors (Lipinski definition) is 10. The van der Waals surface area contributed by atoms with Crippen LogP contribution in [0.2, 0.25) is 0 Å². The van der Waals surface area contributed by atoms with Crippen LogP contribution in [-0.2, 0) is 0 Å². The summed E-state index contributed by atoms with van der Waals surface area (Å²) in [4.78, 5) is 42.1. The summed E-state index contributed by atoms with van der Waals surface area (Å²) in [5.74, 6) is 0.213. The molecular weight excluding hydrogens is 464 g/mol. The minimum absolute atomic E-state index is 0.113. The number of hydrogen-bond donors (Lipinski definition) is 1. The molecular formula is C21H22N6O6S. The second-order valence-electron chi connectivity index (χ2n) is 7.67. The van der Waals surface area contributed by atoms with Crippen molar-refractivity contribution in [2.75, 3.05) is 51.3 Å². The molecule has 1 amide bonds. The van der Waals surface area contributed by atoms with Gasteiger partial charge in [0.25, 0.3) is 17.3 Å². The number of benzene rings is 2. The van der Waals surface area contributed by atoms with Crippen molar-refractivity contribution in [1.82, 2.24) is 15.2 Å². The van der Waals surface area contributed by atoms with Crippen molar-refractivity contribution in [1.29, 1.82) is 0 Å². The number of anilines is 1. The average Bonchev–Trinajstić information content (AvgIpc) is 3.27. The van der Waals surface area contributed by atoms with Gasteiger partial charge in [-0.3, -0.25) is 29.9 Å². The highest BCUT2D eigenvalue weighted by Crippen LogP contribution is 2.31. The fourth-order valence-corrected chi connectivity index (χ4v) is 4.73. The first kappa shape index (κ1) is 23.3. The molecule has 1 aromatic heterocycles. The van der Waals surface area contributed by atoms with Crippen molar-refractivity contribution >= 4 is 44.0 Å². The molecule has 12 nitrogen and oxygen atoms in total. The number of fused-ring (bicyclic) bond motifs is 1. The number of non-ortho nitro benzene ring substituents is 2. The smallest absolute Gasteiger partial charge is 0.277 e. The van der Waals surface area contributed by atoms with E-state index in [9.17, 15) is 25.0 Å². The van der Waals surface area contributed by atoms with Crippen LogP contribution in [0.4, 0.5) is 16.5 Å². The topological polar surface area (TPSA) is 144 Å². The molecule has 1 N–H and O–H groups in total. The largest absolute Gasteiger partial charge is 0.497 e. The number of carbonyl (C=O) groups excluding carboxylic acids is 1. The number of methoxy groups -OCH3 is 1. The molecule has 4 rings (SSSR count). The van der Waals surface area contributed by atoms with E-state index in [0.717, 1.165) is 65.5 Å². The number of nitrogens with one attached hydrogen (secondary N) is 1. The summed E-state index contributed by atoms with van der Waals surface area (Å²) < 4.78 is 6.35. The summed E-state index contributed by atoms with van der Waals surface area (Å²) in [5.41, 5.74) is -0.168. The fraction of sp³-hybridized carbons (Fsp3) is 0.333. The SMILES string of the molecule is COc1ccc2nc(N3CCN(CCNC(=O)c4cc([N+](=O)[O-])cc([N+](=O)[O-])c4)CC3)sc2c1. The Labute approximate surface area is 198 Å². The van der Waals surface area contributed by atoms with Crippen LogP contribution in [0.3, 0.4) is 0 Å². The number of rotatable bonds is 8. The van der Waals surface area contributed by atoms with Crippen LogP contribution in [0.15, 0.2) is 36.4 Å². The number of nitro groups is 2. The second kappa shape index (κ2) is 9.97. The normalized spacial score (nSPS) is 14.2. The quantitative estimate of drug-likeness (QED) is 0.375. The Balaban J connectivity index is 1.29. The van der Waals surface area contributed by atoms with Crippen molar-refractivity contribution in [2.45, 2.75) is 0 Å². The highest BCUT2D eigenvalue weighted by Gasteiger charge is 2.22. The maximum absolute atomic E-state index is 12.4. The highest BCUT2D eigenvalue weighted by molar-refractivity contribution is 7.22. The first-order valence-electron chi connectivity index (χ1n) is 10.5. The third-order valence-corrected chi connectivity index (χ3v) is 6.61. The number of nitro benzene ring substituents is 2. The number of piperazine rings is 1. The second-order valence-corrected chi connectivity index (χ2v) is 8.68. The fourth-order valence-electron chi connectivity index (χ4n) is 3.68. The number of amides is 1. The molecule has 0 radical (unpaired) electrons. The van der Waals surface area contributed by atoms with Gasteiger partial charge in [0.1, 0.15) is 5.75 Å². The first-order valence-corrected chi connectivity index (χ1v) is 11.3. The lowest BCUT2D eigenvalue weighted by Gasteiger charge is -2.34. The molecule has 34 heavy (non-hydrogen) atoms. The van der Waals surface area contributed by atoms with E-state index in [1.54, 1.807) is 18.4 Å². The van der Waals surface area contributed by atoms with E-state index in [1.165, 1.54) is 0 Å². The molecule has 0 unspecified atom stereocenters. The predicted molar refractivity (Wildman–Crippen MR) is 127 cm³/mol. The molecule has 2 aromatic carbocycles. The summed E-state index contributed by atoms with van der Waals surface area (Å²) in [5, 5.41) is 25.7. The van der Waals surface area contributed by atoms with Gasteiger partial charge in [0, 0.05) is 51.4 Å². The lowest BCUT2D eigenvalue weighted by Crippen LogP contribution is -2.48. The van der Waals surface area contributed by atoms with Crippen LogP contribution in [0.1, 0.15) is 10.4 Å². The summed E-state index contributed by atoms with van der Waals surface area (Å²) in [6.45, 7) is 4.07. The maximum Gasteiger partial charge on any atom is 0.277 e. The lowest BCUT2D eigenvalue weighted by molar-refractivity contribution is -0.394. The van der Waals surface area contributed by atoms with Crippen LogP contribution >= 0.6 is 11.3 Å². The molecule has 1 aliphatic rings. The summed E-state index contributed by atoms with van der Waals surface area (Å²) in [6, 6.07) is 8.72. The van der Waals surface area contributed by atoms with Gasteiger partial charge in [-0.05, 0) is 18.2 Å². The van der Waals surface area contributed by atoms with Gasteiger partial charge in [-0.25, -0.2) is 4.98 Å². The van der Waals surface area contributed by atoms with Gasteiger partial charge in [0.2, 0.25) is 0 Å². The van der Waals surface area contributed by atoms with Crippen molar-refractivity contribution in [3.63, 3.8) is 0 Å². The van der Waals surface area contributed by atoms with Gasteiger partial charge < -0.3 is 15.0 Å². The zero-order chi connectivity index (χ0) is 24.2. The van der Waals surface area contributed by atoms with Crippen LogP contribution in [0, 0.1) is 20.2 Å². The van der Waals surface area contributed by atoms with Crippen LogP contribution in [0.5, 0.6) is 5.75 Å². The number of thiazole rings is 1. The molecule has 0 aliphatic carbocycles. The molecule has 13 heteroatoms. The summed E-state index contributed by atoms with van der Waals surface area (Å²) in [7, 11) is 1.64. The molecule has 3 aromatic rings. The summed E-state index contributed by atoms with van der Waals surface area (Å²) in [6.07, 6.45) is 0. The molecule has 0 saturated carbocycles. The predicted octanol–water partition coefficient (Wildman–Crippen LogP) is 2.67. The number of nitrogens with zero attached hydrogens (tertiary/aromatic N) is 5. The standard InChI is InChI=1S/C21H22N6O6S/c1-33-17-2-3-18-19(13-17)34-21(23-18)25-8-6-24(7-9-25)5-4-22-20(28)14-10-15(26(29)30)12-16(11-14)27(31)32/h2-3,10-13H,4-9H2,1H3,(H,22,28). The zero-order valence-electron chi connectivity index (χ0n) is 18.3. The Morgan fingerprint density at radius 2 is 1.76 bits per heavy atom. The molecule has 1 aliphatic heterocycles. The monoisotopic (exact) mass is 486 g/mol. The van der Waals surface area contributed by atoms with Gasteiger partial charge in [-0.15, -0.1) is 0 Å². The van der Waals surface area contributed by atoms with E-state index >= 15 is 0 Å². The Bertz CT molecular complexity index is 1210. The van der Waals surface area contributed by atoms with Crippen molar-refractivity contribution in [2.24, 2.45) is 0 Å².